The Labute approximate surface area is 181 Å². The van der Waals surface area contributed by atoms with E-state index in [0.29, 0.717) is 15.4 Å². The van der Waals surface area contributed by atoms with E-state index in [2.05, 4.69) is 26.1 Å². The molecule has 0 unspecified atom stereocenters. The minimum atomic E-state index is -0.123. The molecule has 0 amide bonds. The molecular formula is C20H20BrN5O2S. The summed E-state index contributed by atoms with van der Waals surface area (Å²) in [4.78, 5) is 12.6. The maximum absolute atomic E-state index is 12.6. The number of methoxy groups -OCH3 is 1. The van der Waals surface area contributed by atoms with Crippen LogP contribution in [-0.4, -0.2) is 27.9 Å². The molecule has 0 atom stereocenters. The Hall–Kier alpha value is -2.78. The molecule has 0 aliphatic rings. The number of hydrogen-bond donors (Lipinski definition) is 1. The minimum absolute atomic E-state index is 0.123. The van der Waals surface area contributed by atoms with Crippen molar-refractivity contribution in [2.75, 3.05) is 7.11 Å². The van der Waals surface area contributed by atoms with E-state index >= 15 is 0 Å². The van der Waals surface area contributed by atoms with Crippen molar-refractivity contribution in [3.8, 4) is 11.4 Å². The molecule has 7 nitrogen and oxygen atoms in total. The van der Waals surface area contributed by atoms with Gasteiger partial charge in [-0.25, -0.2) is 4.68 Å². The summed E-state index contributed by atoms with van der Waals surface area (Å²) in [6, 6.07) is 16.9. The first-order valence-electron chi connectivity index (χ1n) is 8.66. The number of rotatable bonds is 6. The minimum Gasteiger partial charge on any atom is -0.497 e. The average molecular weight is 474 g/mol. The summed E-state index contributed by atoms with van der Waals surface area (Å²) >= 11 is 4.71. The summed E-state index contributed by atoms with van der Waals surface area (Å²) in [6.07, 6.45) is 1.62. The number of ether oxygens (including phenoxy) is 1. The number of aromatic nitrogens is 2. The lowest BCUT2D eigenvalue weighted by atomic mass is 10.2. The molecule has 0 saturated heterocycles. The number of halogens is 1. The van der Waals surface area contributed by atoms with Gasteiger partial charge in [0.15, 0.2) is 5.17 Å². The number of nitrogens with two attached hydrogens (primary N) is 1. The van der Waals surface area contributed by atoms with Gasteiger partial charge in [0.2, 0.25) is 0 Å². The standard InChI is InChI=1S/C20H20BrN5O2S/c1-25-17(18(21)19(27)26(25)15-6-4-3-5-7-15)13-29-20(22)24-23-12-14-8-10-16(28-2)11-9-14/h3-12H,13H2,1-2H3,(H2,22,24)/b23-12-. The maximum atomic E-state index is 12.6. The molecule has 0 radical (unpaired) electrons. The number of benzene rings is 2. The quantitative estimate of drug-likeness (QED) is 0.337. The fraction of sp³-hybridized carbons (Fsp3) is 0.150. The topological polar surface area (TPSA) is 86.9 Å². The van der Waals surface area contributed by atoms with Crippen LogP contribution in [0.4, 0.5) is 0 Å². The van der Waals surface area contributed by atoms with Crippen LogP contribution in [0.15, 0.2) is 74.1 Å². The highest BCUT2D eigenvalue weighted by Crippen LogP contribution is 2.21. The van der Waals surface area contributed by atoms with Gasteiger partial charge in [-0.3, -0.25) is 9.48 Å². The van der Waals surface area contributed by atoms with E-state index in [4.69, 9.17) is 10.5 Å². The van der Waals surface area contributed by atoms with E-state index in [1.165, 1.54) is 11.8 Å². The molecule has 3 aromatic rings. The number of para-hydroxylation sites is 1. The molecule has 150 valence electrons. The first-order valence-corrected chi connectivity index (χ1v) is 10.4. The molecule has 0 bridgehead atoms. The van der Waals surface area contributed by atoms with E-state index in [9.17, 15) is 4.79 Å². The maximum Gasteiger partial charge on any atom is 0.286 e. The van der Waals surface area contributed by atoms with Crippen LogP contribution in [0.5, 0.6) is 5.75 Å². The molecule has 29 heavy (non-hydrogen) atoms. The SMILES string of the molecule is COc1ccc(/C=N\N=C(N)SCc2c(Br)c(=O)n(-c3ccccc3)n2C)cc1. The van der Waals surface area contributed by atoms with Gasteiger partial charge in [-0.1, -0.05) is 30.0 Å². The third-order valence-corrected chi connectivity index (χ3v) is 5.75. The van der Waals surface area contributed by atoms with E-state index in [1.54, 1.807) is 18.0 Å². The molecule has 0 fully saturated rings. The summed E-state index contributed by atoms with van der Waals surface area (Å²) in [5, 5.41) is 8.33. The van der Waals surface area contributed by atoms with Gasteiger partial charge in [-0.05, 0) is 57.9 Å². The number of thioether (sulfide) groups is 1. The zero-order chi connectivity index (χ0) is 20.8. The van der Waals surface area contributed by atoms with Gasteiger partial charge < -0.3 is 10.5 Å². The first-order chi connectivity index (χ1) is 14.0. The van der Waals surface area contributed by atoms with Gasteiger partial charge in [-0.2, -0.15) is 5.10 Å². The normalized spacial score (nSPS) is 11.9. The van der Waals surface area contributed by atoms with Crippen molar-refractivity contribution in [2.24, 2.45) is 23.0 Å². The van der Waals surface area contributed by atoms with Crippen molar-refractivity contribution in [2.45, 2.75) is 5.75 Å². The number of hydrogen-bond acceptors (Lipinski definition) is 5. The second kappa shape index (κ2) is 9.62. The molecule has 9 heteroatoms. The summed E-state index contributed by atoms with van der Waals surface area (Å²) in [7, 11) is 3.46. The summed E-state index contributed by atoms with van der Waals surface area (Å²) < 4.78 is 9.04. The molecule has 0 aliphatic carbocycles. The Bertz CT molecular complexity index is 1090. The Kier molecular flexibility index (Phi) is 6.95. The lowest BCUT2D eigenvalue weighted by molar-refractivity contribution is 0.415. The molecule has 2 aromatic carbocycles. The molecule has 1 heterocycles. The molecular weight excluding hydrogens is 454 g/mol. The Morgan fingerprint density at radius 1 is 1.21 bits per heavy atom. The number of amidine groups is 1. The third-order valence-electron chi connectivity index (χ3n) is 4.16. The zero-order valence-corrected chi connectivity index (χ0v) is 18.4. The van der Waals surface area contributed by atoms with Crippen molar-refractivity contribution in [1.29, 1.82) is 0 Å². The molecule has 1 aromatic heterocycles. The fourth-order valence-electron chi connectivity index (χ4n) is 2.65. The Balaban J connectivity index is 1.70. The lowest BCUT2D eigenvalue weighted by Crippen LogP contribution is -2.19. The van der Waals surface area contributed by atoms with Crippen molar-refractivity contribution in [3.63, 3.8) is 0 Å². The number of nitrogens with zero attached hydrogens (tertiary/aromatic N) is 4. The Morgan fingerprint density at radius 3 is 2.55 bits per heavy atom. The van der Waals surface area contributed by atoms with Crippen LogP contribution in [0.1, 0.15) is 11.3 Å². The van der Waals surface area contributed by atoms with Crippen LogP contribution < -0.4 is 16.0 Å². The second-order valence-corrected chi connectivity index (χ2v) is 7.77. The second-order valence-electron chi connectivity index (χ2n) is 5.98. The smallest absolute Gasteiger partial charge is 0.286 e. The summed E-state index contributed by atoms with van der Waals surface area (Å²) in [6.45, 7) is 0. The van der Waals surface area contributed by atoms with E-state index < -0.39 is 0 Å². The summed E-state index contributed by atoms with van der Waals surface area (Å²) in [5.74, 6) is 1.25. The monoisotopic (exact) mass is 473 g/mol. The van der Waals surface area contributed by atoms with Crippen LogP contribution in [0.3, 0.4) is 0 Å². The van der Waals surface area contributed by atoms with Crippen molar-refractivity contribution < 1.29 is 4.74 Å². The van der Waals surface area contributed by atoms with Gasteiger partial charge >= 0.3 is 0 Å². The van der Waals surface area contributed by atoms with Crippen LogP contribution >= 0.6 is 27.7 Å². The zero-order valence-electron chi connectivity index (χ0n) is 15.9. The van der Waals surface area contributed by atoms with Crippen molar-refractivity contribution in [3.05, 3.63) is 80.7 Å². The van der Waals surface area contributed by atoms with E-state index in [1.807, 2.05) is 66.3 Å². The van der Waals surface area contributed by atoms with Crippen molar-refractivity contribution in [1.82, 2.24) is 9.36 Å². The highest BCUT2D eigenvalue weighted by molar-refractivity contribution is 9.10. The molecule has 0 aliphatic heterocycles. The van der Waals surface area contributed by atoms with E-state index in [-0.39, 0.29) is 5.56 Å². The van der Waals surface area contributed by atoms with Crippen molar-refractivity contribution >= 4 is 39.1 Å². The first kappa shape index (κ1) is 20.9. The van der Waals surface area contributed by atoms with Crippen LogP contribution in [0, 0.1) is 0 Å². The van der Waals surface area contributed by atoms with Gasteiger partial charge in [0, 0.05) is 12.8 Å². The fourth-order valence-corrected chi connectivity index (χ4v) is 4.12. The largest absolute Gasteiger partial charge is 0.497 e. The lowest BCUT2D eigenvalue weighted by Gasteiger charge is -2.09. The van der Waals surface area contributed by atoms with Crippen LogP contribution in [0.2, 0.25) is 0 Å². The molecule has 0 saturated carbocycles. The van der Waals surface area contributed by atoms with Gasteiger partial charge in [-0.15, -0.1) is 5.10 Å². The van der Waals surface area contributed by atoms with Crippen LogP contribution in [-0.2, 0) is 12.8 Å². The van der Waals surface area contributed by atoms with Gasteiger partial charge in [0.1, 0.15) is 10.2 Å². The van der Waals surface area contributed by atoms with Gasteiger partial charge in [0.05, 0.1) is 24.7 Å². The molecule has 3 rings (SSSR count). The predicted octanol–water partition coefficient (Wildman–Crippen LogP) is 3.53. The molecule has 0 spiro atoms. The van der Waals surface area contributed by atoms with Gasteiger partial charge in [0.25, 0.3) is 5.56 Å². The summed E-state index contributed by atoms with van der Waals surface area (Å²) in [5.41, 5.74) is 8.32. The average Bonchev–Trinajstić information content (AvgIpc) is 2.96. The van der Waals surface area contributed by atoms with E-state index in [0.717, 1.165) is 22.7 Å². The highest BCUT2D eigenvalue weighted by atomic mass is 79.9. The highest BCUT2D eigenvalue weighted by Gasteiger charge is 2.17. The Morgan fingerprint density at radius 2 is 1.90 bits per heavy atom. The third kappa shape index (κ3) is 4.99. The molecule has 2 N–H and O–H groups in total. The predicted molar refractivity (Wildman–Crippen MR) is 122 cm³/mol. The van der Waals surface area contributed by atoms with Crippen LogP contribution in [0.25, 0.3) is 5.69 Å².